The molecule has 0 radical (unpaired) electrons. The molecule has 2 rings (SSSR count). The third kappa shape index (κ3) is 1.32. The number of aryl methyl sites for hydroxylation is 1. The SMILES string of the molecule is Cc1ccc2c(C(C)C)[nH]nc2c1. The number of aromatic nitrogens is 2. The number of nitrogens with zero attached hydrogens (tertiary/aromatic N) is 1. The van der Waals surface area contributed by atoms with Crippen molar-refractivity contribution >= 4 is 10.9 Å². The molecule has 1 aromatic carbocycles. The standard InChI is InChI=1S/C11H14N2/c1-7(2)11-9-5-4-8(3)6-10(9)12-13-11/h4-7H,1-3H3,(H,12,13). The van der Waals surface area contributed by atoms with E-state index in [4.69, 9.17) is 0 Å². The summed E-state index contributed by atoms with van der Waals surface area (Å²) in [4.78, 5) is 0. The van der Waals surface area contributed by atoms with Crippen LogP contribution in [0.1, 0.15) is 31.0 Å². The maximum absolute atomic E-state index is 4.28. The molecule has 68 valence electrons. The summed E-state index contributed by atoms with van der Waals surface area (Å²) in [5.74, 6) is 0.507. The fraction of sp³-hybridized carbons (Fsp3) is 0.364. The topological polar surface area (TPSA) is 28.7 Å². The highest BCUT2D eigenvalue weighted by Crippen LogP contribution is 2.22. The first kappa shape index (κ1) is 8.30. The van der Waals surface area contributed by atoms with E-state index in [0.717, 1.165) is 5.52 Å². The van der Waals surface area contributed by atoms with Crippen molar-refractivity contribution < 1.29 is 0 Å². The van der Waals surface area contributed by atoms with Gasteiger partial charge in [-0.1, -0.05) is 26.0 Å². The molecule has 1 heterocycles. The summed E-state index contributed by atoms with van der Waals surface area (Å²) in [6, 6.07) is 6.38. The van der Waals surface area contributed by atoms with Crippen LogP contribution in [0.5, 0.6) is 0 Å². The van der Waals surface area contributed by atoms with Gasteiger partial charge in [-0.15, -0.1) is 0 Å². The Labute approximate surface area is 78.0 Å². The van der Waals surface area contributed by atoms with Crippen LogP contribution in [0.4, 0.5) is 0 Å². The molecular formula is C11H14N2. The Morgan fingerprint density at radius 3 is 2.77 bits per heavy atom. The van der Waals surface area contributed by atoms with Crippen molar-refractivity contribution in [3.8, 4) is 0 Å². The highest BCUT2D eigenvalue weighted by molar-refractivity contribution is 5.82. The lowest BCUT2D eigenvalue weighted by Gasteiger charge is -2.00. The van der Waals surface area contributed by atoms with Crippen molar-refractivity contribution in [1.29, 1.82) is 0 Å². The molecule has 0 unspecified atom stereocenters. The van der Waals surface area contributed by atoms with Crippen molar-refractivity contribution in [1.82, 2.24) is 10.2 Å². The molecule has 0 saturated carbocycles. The van der Waals surface area contributed by atoms with E-state index >= 15 is 0 Å². The number of H-pyrrole nitrogens is 1. The summed E-state index contributed by atoms with van der Waals surface area (Å²) in [5.41, 5.74) is 3.56. The van der Waals surface area contributed by atoms with E-state index in [-0.39, 0.29) is 0 Å². The van der Waals surface area contributed by atoms with Crippen molar-refractivity contribution in [2.75, 3.05) is 0 Å². The van der Waals surface area contributed by atoms with Crippen LogP contribution in [-0.4, -0.2) is 10.2 Å². The number of rotatable bonds is 1. The van der Waals surface area contributed by atoms with Crippen LogP contribution < -0.4 is 0 Å². The highest BCUT2D eigenvalue weighted by atomic mass is 15.1. The number of aromatic amines is 1. The number of benzene rings is 1. The van der Waals surface area contributed by atoms with E-state index in [1.54, 1.807) is 0 Å². The number of hydrogen-bond donors (Lipinski definition) is 1. The van der Waals surface area contributed by atoms with Gasteiger partial charge in [0.05, 0.1) is 5.52 Å². The average molecular weight is 174 g/mol. The van der Waals surface area contributed by atoms with Crippen LogP contribution in [0.25, 0.3) is 10.9 Å². The minimum atomic E-state index is 0.507. The van der Waals surface area contributed by atoms with Gasteiger partial charge in [0, 0.05) is 11.1 Å². The molecule has 0 aliphatic rings. The fourth-order valence-corrected chi connectivity index (χ4v) is 1.58. The largest absolute Gasteiger partial charge is 0.281 e. The smallest absolute Gasteiger partial charge is 0.0926 e. The van der Waals surface area contributed by atoms with Crippen LogP contribution in [0.15, 0.2) is 18.2 Å². The van der Waals surface area contributed by atoms with E-state index in [1.807, 2.05) is 0 Å². The van der Waals surface area contributed by atoms with Crippen LogP contribution in [-0.2, 0) is 0 Å². The molecule has 0 aliphatic heterocycles. The van der Waals surface area contributed by atoms with Crippen LogP contribution in [0.3, 0.4) is 0 Å². The minimum absolute atomic E-state index is 0.507. The third-order valence-electron chi connectivity index (χ3n) is 2.32. The van der Waals surface area contributed by atoms with Crippen LogP contribution in [0, 0.1) is 6.92 Å². The van der Waals surface area contributed by atoms with Gasteiger partial charge in [-0.05, 0) is 24.5 Å². The molecule has 0 aliphatic carbocycles. The summed E-state index contributed by atoms with van der Waals surface area (Å²) in [6.45, 7) is 6.43. The molecule has 13 heavy (non-hydrogen) atoms. The first-order valence-electron chi connectivity index (χ1n) is 4.63. The van der Waals surface area contributed by atoms with Gasteiger partial charge in [0.15, 0.2) is 0 Å². The molecule has 0 atom stereocenters. The van der Waals surface area contributed by atoms with Gasteiger partial charge in [-0.2, -0.15) is 5.10 Å². The van der Waals surface area contributed by atoms with Crippen molar-refractivity contribution in [3.05, 3.63) is 29.5 Å². The molecule has 1 aromatic heterocycles. The maximum atomic E-state index is 4.28. The Morgan fingerprint density at radius 2 is 2.08 bits per heavy atom. The summed E-state index contributed by atoms with van der Waals surface area (Å²) >= 11 is 0. The van der Waals surface area contributed by atoms with Crippen molar-refractivity contribution in [3.63, 3.8) is 0 Å². The van der Waals surface area contributed by atoms with E-state index in [0.29, 0.717) is 5.92 Å². The Balaban J connectivity index is 2.69. The predicted molar refractivity (Wildman–Crippen MR) is 54.9 cm³/mol. The van der Waals surface area contributed by atoms with Crippen LogP contribution >= 0.6 is 0 Å². The molecule has 1 N–H and O–H groups in total. The van der Waals surface area contributed by atoms with Gasteiger partial charge >= 0.3 is 0 Å². The monoisotopic (exact) mass is 174 g/mol. The van der Waals surface area contributed by atoms with Gasteiger partial charge in [0.2, 0.25) is 0 Å². The zero-order valence-corrected chi connectivity index (χ0v) is 8.26. The Kier molecular flexibility index (Phi) is 1.83. The zero-order valence-electron chi connectivity index (χ0n) is 8.26. The first-order valence-corrected chi connectivity index (χ1v) is 4.63. The predicted octanol–water partition coefficient (Wildman–Crippen LogP) is 2.99. The first-order chi connectivity index (χ1) is 6.18. The maximum Gasteiger partial charge on any atom is 0.0926 e. The number of hydrogen-bond acceptors (Lipinski definition) is 1. The zero-order chi connectivity index (χ0) is 9.42. The van der Waals surface area contributed by atoms with Crippen molar-refractivity contribution in [2.24, 2.45) is 0 Å². The van der Waals surface area contributed by atoms with Gasteiger partial charge in [-0.25, -0.2) is 0 Å². The minimum Gasteiger partial charge on any atom is -0.281 e. The molecule has 2 aromatic rings. The summed E-state index contributed by atoms with van der Waals surface area (Å²) < 4.78 is 0. The lowest BCUT2D eigenvalue weighted by molar-refractivity contribution is 0.818. The molecule has 2 heteroatoms. The molecule has 2 nitrogen and oxygen atoms in total. The quantitative estimate of drug-likeness (QED) is 0.707. The molecular weight excluding hydrogens is 160 g/mol. The molecule has 0 bridgehead atoms. The number of nitrogens with one attached hydrogen (secondary N) is 1. The second kappa shape index (κ2) is 2.87. The molecule has 0 spiro atoms. The Bertz CT molecular complexity index is 427. The fourth-order valence-electron chi connectivity index (χ4n) is 1.58. The van der Waals surface area contributed by atoms with Gasteiger partial charge in [0.25, 0.3) is 0 Å². The Hall–Kier alpha value is -1.31. The van der Waals surface area contributed by atoms with E-state index in [1.165, 1.54) is 16.6 Å². The Morgan fingerprint density at radius 1 is 1.31 bits per heavy atom. The van der Waals surface area contributed by atoms with E-state index in [9.17, 15) is 0 Å². The molecule has 0 saturated heterocycles. The molecule has 0 amide bonds. The molecule has 0 fully saturated rings. The second-order valence-corrected chi connectivity index (χ2v) is 3.81. The third-order valence-corrected chi connectivity index (χ3v) is 2.32. The highest BCUT2D eigenvalue weighted by Gasteiger charge is 2.07. The average Bonchev–Trinajstić information content (AvgIpc) is 2.46. The number of fused-ring (bicyclic) bond motifs is 1. The van der Waals surface area contributed by atoms with E-state index in [2.05, 4.69) is 49.2 Å². The summed E-state index contributed by atoms with van der Waals surface area (Å²) in [7, 11) is 0. The summed E-state index contributed by atoms with van der Waals surface area (Å²) in [5, 5.41) is 8.62. The van der Waals surface area contributed by atoms with E-state index < -0.39 is 0 Å². The lowest BCUT2D eigenvalue weighted by Crippen LogP contribution is -1.87. The van der Waals surface area contributed by atoms with Crippen molar-refractivity contribution in [2.45, 2.75) is 26.7 Å². The van der Waals surface area contributed by atoms with Crippen LogP contribution in [0.2, 0.25) is 0 Å². The second-order valence-electron chi connectivity index (χ2n) is 3.81. The normalized spacial score (nSPS) is 11.4. The van der Waals surface area contributed by atoms with Gasteiger partial charge < -0.3 is 0 Å². The summed E-state index contributed by atoms with van der Waals surface area (Å²) in [6.07, 6.45) is 0. The lowest BCUT2D eigenvalue weighted by atomic mass is 10.1. The van der Waals surface area contributed by atoms with Gasteiger partial charge in [-0.3, -0.25) is 5.10 Å². The van der Waals surface area contributed by atoms with Gasteiger partial charge in [0.1, 0.15) is 0 Å².